The largest absolute Gasteiger partial charge is 0.302 e. The van der Waals surface area contributed by atoms with E-state index in [1.807, 2.05) is 19.0 Å². The topological polar surface area (TPSA) is 75.5 Å². The van der Waals surface area contributed by atoms with Gasteiger partial charge in [-0.3, -0.25) is 23.9 Å². The standard InChI is InChI=1S/C24H26N4O3S/c1-26(2)14-19-25-21-20(17-10-5-6-11-18(17)32-21)24(31)27(19)12-7-13-28-22(29)15-8-3-4-9-16(15)23(28)30/h3-4,8-9H,5-7,10-14H2,1-2H3. The molecule has 32 heavy (non-hydrogen) atoms. The average molecular weight is 451 g/mol. The van der Waals surface area contributed by atoms with E-state index in [9.17, 15) is 14.4 Å². The van der Waals surface area contributed by atoms with Crippen molar-refractivity contribution >= 4 is 33.4 Å². The van der Waals surface area contributed by atoms with Crippen LogP contribution in [0.25, 0.3) is 10.2 Å². The lowest BCUT2D eigenvalue weighted by atomic mass is 9.97. The zero-order chi connectivity index (χ0) is 22.4. The van der Waals surface area contributed by atoms with Gasteiger partial charge in [-0.2, -0.15) is 0 Å². The smallest absolute Gasteiger partial charge is 0.262 e. The number of hydrogen-bond acceptors (Lipinski definition) is 6. The van der Waals surface area contributed by atoms with Gasteiger partial charge in [0.2, 0.25) is 0 Å². The predicted octanol–water partition coefficient (Wildman–Crippen LogP) is 3.08. The summed E-state index contributed by atoms with van der Waals surface area (Å²) in [7, 11) is 3.91. The number of carbonyl (C=O) groups is 2. The molecule has 0 saturated carbocycles. The SMILES string of the molecule is CN(C)Cc1nc2sc3c(c2c(=O)n1CCCN1C(=O)c2ccccc2C1=O)CCCC3. The minimum absolute atomic E-state index is 0.00797. The van der Waals surface area contributed by atoms with Crippen molar-refractivity contribution in [2.75, 3.05) is 20.6 Å². The van der Waals surface area contributed by atoms with Gasteiger partial charge in [-0.05, 0) is 63.9 Å². The van der Waals surface area contributed by atoms with Gasteiger partial charge in [0.05, 0.1) is 23.1 Å². The van der Waals surface area contributed by atoms with Crippen LogP contribution in [0.15, 0.2) is 29.1 Å². The second kappa shape index (κ2) is 8.26. The molecule has 0 saturated heterocycles. The van der Waals surface area contributed by atoms with E-state index in [-0.39, 0.29) is 23.9 Å². The lowest BCUT2D eigenvalue weighted by molar-refractivity contribution is 0.0650. The first-order valence-electron chi connectivity index (χ1n) is 11.1. The van der Waals surface area contributed by atoms with Crippen LogP contribution >= 0.6 is 11.3 Å². The summed E-state index contributed by atoms with van der Waals surface area (Å²) in [5, 5.41) is 0.771. The van der Waals surface area contributed by atoms with Crippen LogP contribution in [0.2, 0.25) is 0 Å². The number of fused-ring (bicyclic) bond motifs is 4. The number of carbonyl (C=O) groups excluding carboxylic acids is 2. The van der Waals surface area contributed by atoms with Crippen LogP contribution in [0.1, 0.15) is 56.2 Å². The van der Waals surface area contributed by atoms with Gasteiger partial charge < -0.3 is 4.90 Å². The number of thiophene rings is 1. The molecule has 7 nitrogen and oxygen atoms in total. The highest BCUT2D eigenvalue weighted by atomic mass is 32.1. The summed E-state index contributed by atoms with van der Waals surface area (Å²) in [5.41, 5.74) is 2.10. The highest BCUT2D eigenvalue weighted by molar-refractivity contribution is 7.18. The van der Waals surface area contributed by atoms with Gasteiger partial charge in [0, 0.05) is 18.0 Å². The number of aromatic nitrogens is 2. The molecule has 8 heteroatoms. The van der Waals surface area contributed by atoms with E-state index in [2.05, 4.69) is 0 Å². The molecule has 2 aliphatic rings. The Morgan fingerprint density at radius 3 is 2.38 bits per heavy atom. The summed E-state index contributed by atoms with van der Waals surface area (Å²) < 4.78 is 1.75. The maximum Gasteiger partial charge on any atom is 0.262 e. The van der Waals surface area contributed by atoms with E-state index in [1.54, 1.807) is 40.2 Å². The summed E-state index contributed by atoms with van der Waals surface area (Å²) in [6.45, 7) is 1.25. The zero-order valence-corrected chi connectivity index (χ0v) is 19.2. The van der Waals surface area contributed by atoms with Crippen molar-refractivity contribution in [2.45, 2.75) is 45.2 Å². The highest BCUT2D eigenvalue weighted by Crippen LogP contribution is 2.34. The summed E-state index contributed by atoms with van der Waals surface area (Å²) in [6.07, 6.45) is 4.74. The molecule has 0 radical (unpaired) electrons. The molecule has 0 atom stereocenters. The molecular formula is C24H26N4O3S. The third kappa shape index (κ3) is 3.47. The maximum atomic E-state index is 13.6. The number of hydrogen-bond donors (Lipinski definition) is 0. The number of rotatable bonds is 6. The number of aryl methyl sites for hydroxylation is 2. The Hall–Kier alpha value is -2.84. The van der Waals surface area contributed by atoms with Crippen LogP contribution in [-0.4, -0.2) is 51.8 Å². The van der Waals surface area contributed by atoms with E-state index in [4.69, 9.17) is 4.98 Å². The van der Waals surface area contributed by atoms with Crippen LogP contribution in [0.4, 0.5) is 0 Å². The molecule has 3 heterocycles. The van der Waals surface area contributed by atoms with E-state index < -0.39 is 0 Å². The molecule has 1 aromatic carbocycles. The zero-order valence-electron chi connectivity index (χ0n) is 18.4. The summed E-state index contributed by atoms with van der Waals surface area (Å²) in [4.78, 5) is 49.2. The van der Waals surface area contributed by atoms with E-state index in [1.165, 1.54) is 21.8 Å². The van der Waals surface area contributed by atoms with Crippen molar-refractivity contribution in [1.29, 1.82) is 0 Å². The van der Waals surface area contributed by atoms with Gasteiger partial charge in [-0.25, -0.2) is 4.98 Å². The minimum Gasteiger partial charge on any atom is -0.302 e. The molecule has 166 valence electrons. The molecule has 0 N–H and O–H groups in total. The van der Waals surface area contributed by atoms with Crippen molar-refractivity contribution in [3.05, 3.63) is 62.0 Å². The van der Waals surface area contributed by atoms with Gasteiger partial charge in [0.1, 0.15) is 10.7 Å². The van der Waals surface area contributed by atoms with Gasteiger partial charge in [0.25, 0.3) is 17.4 Å². The first-order chi connectivity index (χ1) is 15.5. The molecule has 2 amide bonds. The van der Waals surface area contributed by atoms with E-state index in [0.717, 1.165) is 35.3 Å². The number of nitrogens with zero attached hydrogens (tertiary/aromatic N) is 4. The van der Waals surface area contributed by atoms with Crippen molar-refractivity contribution in [3.8, 4) is 0 Å². The van der Waals surface area contributed by atoms with Crippen LogP contribution in [0, 0.1) is 0 Å². The van der Waals surface area contributed by atoms with Crippen molar-refractivity contribution in [2.24, 2.45) is 0 Å². The monoisotopic (exact) mass is 450 g/mol. The van der Waals surface area contributed by atoms with E-state index >= 15 is 0 Å². The molecule has 0 fully saturated rings. The van der Waals surface area contributed by atoms with Crippen molar-refractivity contribution in [3.63, 3.8) is 0 Å². The molecular weight excluding hydrogens is 424 g/mol. The lowest BCUT2D eigenvalue weighted by Crippen LogP contribution is -2.33. The number of imide groups is 1. The number of amides is 2. The van der Waals surface area contributed by atoms with Gasteiger partial charge in [0.15, 0.2) is 0 Å². The minimum atomic E-state index is -0.257. The van der Waals surface area contributed by atoms with Crippen molar-refractivity contribution < 1.29 is 9.59 Å². The quantitative estimate of drug-likeness (QED) is 0.540. The molecule has 2 aromatic heterocycles. The Kier molecular flexibility index (Phi) is 5.43. The molecule has 5 rings (SSSR count). The Labute approximate surface area is 190 Å². The van der Waals surface area contributed by atoms with Gasteiger partial charge in [-0.1, -0.05) is 12.1 Å². The van der Waals surface area contributed by atoms with E-state index in [0.29, 0.717) is 30.6 Å². The molecule has 0 spiro atoms. The number of benzene rings is 1. The van der Waals surface area contributed by atoms with Gasteiger partial charge in [-0.15, -0.1) is 11.3 Å². The fourth-order valence-electron chi connectivity index (χ4n) is 4.74. The lowest BCUT2D eigenvalue weighted by Gasteiger charge is -2.18. The van der Waals surface area contributed by atoms with Crippen LogP contribution in [0.5, 0.6) is 0 Å². The summed E-state index contributed by atoms with van der Waals surface area (Å²) in [6, 6.07) is 6.91. The fourth-order valence-corrected chi connectivity index (χ4v) is 6.01. The van der Waals surface area contributed by atoms with Gasteiger partial charge >= 0.3 is 0 Å². The predicted molar refractivity (Wildman–Crippen MR) is 124 cm³/mol. The van der Waals surface area contributed by atoms with Crippen molar-refractivity contribution in [1.82, 2.24) is 19.4 Å². The second-order valence-corrected chi connectivity index (χ2v) is 9.86. The Morgan fingerprint density at radius 1 is 1.00 bits per heavy atom. The molecule has 0 unspecified atom stereocenters. The Bertz CT molecular complexity index is 1260. The third-order valence-electron chi connectivity index (χ3n) is 6.25. The first-order valence-corrected chi connectivity index (χ1v) is 11.9. The molecule has 0 bridgehead atoms. The Morgan fingerprint density at radius 2 is 1.69 bits per heavy atom. The van der Waals surface area contributed by atoms with Crippen LogP contribution in [-0.2, 0) is 25.9 Å². The van der Waals surface area contributed by atoms with Crippen LogP contribution < -0.4 is 5.56 Å². The maximum absolute atomic E-state index is 13.6. The normalized spacial score (nSPS) is 15.7. The molecule has 1 aliphatic heterocycles. The molecule has 3 aromatic rings. The molecule has 1 aliphatic carbocycles. The average Bonchev–Trinajstić information content (AvgIpc) is 3.26. The first kappa shape index (κ1) is 21.0. The fraction of sp³-hybridized carbons (Fsp3) is 0.417. The second-order valence-electron chi connectivity index (χ2n) is 8.77. The summed E-state index contributed by atoms with van der Waals surface area (Å²) in [5.74, 6) is 0.215. The third-order valence-corrected chi connectivity index (χ3v) is 7.44. The summed E-state index contributed by atoms with van der Waals surface area (Å²) >= 11 is 1.66. The Balaban J connectivity index is 1.43. The van der Waals surface area contributed by atoms with Crippen LogP contribution in [0.3, 0.4) is 0 Å². The highest BCUT2D eigenvalue weighted by Gasteiger charge is 2.34.